The summed E-state index contributed by atoms with van der Waals surface area (Å²) in [6, 6.07) is 0. The number of aliphatic hydroxyl groups excluding tert-OH is 3. The largest absolute Gasteiger partial charge is 0.504 e. The molecule has 0 spiro atoms. The molecule has 9 nitrogen and oxygen atoms in total. The normalized spacial score (nSPS) is 37.5. The molecule has 0 amide bonds. The first-order valence-electron chi connectivity index (χ1n) is 13.0. The van der Waals surface area contributed by atoms with E-state index >= 15 is 0 Å². The van der Waals surface area contributed by atoms with Crippen LogP contribution in [0.3, 0.4) is 0 Å². The van der Waals surface area contributed by atoms with Gasteiger partial charge in [0.25, 0.3) is 0 Å². The van der Waals surface area contributed by atoms with E-state index in [2.05, 4.69) is 13.2 Å². The van der Waals surface area contributed by atoms with Crippen LogP contribution in [0.4, 0.5) is 0 Å². The maximum atomic E-state index is 14.0. The molecular weight excluding hydrogens is 490 g/mol. The molecule has 7 unspecified atom stereocenters. The molecule has 0 aromatic carbocycles. The summed E-state index contributed by atoms with van der Waals surface area (Å²) in [5.41, 5.74) is -0.544. The van der Waals surface area contributed by atoms with Gasteiger partial charge in [0.05, 0.1) is 24.2 Å². The van der Waals surface area contributed by atoms with Gasteiger partial charge in [0.2, 0.25) is 5.78 Å². The fourth-order valence-electron chi connectivity index (χ4n) is 7.10. The minimum absolute atomic E-state index is 0.0446. The number of hydrogen-bond acceptors (Lipinski definition) is 9. The van der Waals surface area contributed by atoms with Gasteiger partial charge >= 0.3 is 5.97 Å². The molecule has 1 aliphatic heterocycles. The highest BCUT2D eigenvalue weighted by molar-refractivity contribution is 6.10. The molecule has 3 aliphatic carbocycles. The van der Waals surface area contributed by atoms with Gasteiger partial charge in [0, 0.05) is 55.5 Å². The Bertz CT molecular complexity index is 1110. The second-order valence-corrected chi connectivity index (χ2v) is 11.1. The van der Waals surface area contributed by atoms with Crippen molar-refractivity contribution in [3.8, 4) is 0 Å². The van der Waals surface area contributed by atoms with Gasteiger partial charge in [-0.15, -0.1) is 13.2 Å². The molecule has 0 radical (unpaired) electrons. The van der Waals surface area contributed by atoms with Crippen molar-refractivity contribution in [2.75, 3.05) is 26.8 Å². The minimum Gasteiger partial charge on any atom is -0.504 e. The molecule has 3 N–H and O–H groups in total. The summed E-state index contributed by atoms with van der Waals surface area (Å²) in [7, 11) is 1.50. The van der Waals surface area contributed by atoms with Crippen molar-refractivity contribution in [2.24, 2.45) is 16.7 Å². The first kappa shape index (κ1) is 28.3. The standard InChI is InChI=1S/C29H39NO8/c1-7-11-30(12-8-2)14-17-23-26(34)25(33)22-18-9-10-20(32)28(18,4)13-19(37-16(3)31)24(22)29(23,5)21(15-36-6)38-27(17)35/h7-8,14,18-21,27,32,34-35H,1-2,9-13,15H2,3-6H3/b17-14+. The number of carbonyl (C=O) groups is 2. The van der Waals surface area contributed by atoms with E-state index in [1.54, 1.807) is 18.4 Å². The Morgan fingerprint density at radius 1 is 1.21 bits per heavy atom. The molecule has 4 rings (SSSR count). The molecule has 1 saturated carbocycles. The van der Waals surface area contributed by atoms with Crippen LogP contribution in [0, 0.1) is 16.7 Å². The van der Waals surface area contributed by atoms with Crippen LogP contribution in [0.25, 0.3) is 0 Å². The lowest BCUT2D eigenvalue weighted by Crippen LogP contribution is -2.58. The lowest BCUT2D eigenvalue weighted by atomic mass is 9.53. The highest BCUT2D eigenvalue weighted by atomic mass is 16.6. The predicted octanol–water partition coefficient (Wildman–Crippen LogP) is 2.72. The van der Waals surface area contributed by atoms with Crippen molar-refractivity contribution in [3.05, 3.63) is 59.6 Å². The van der Waals surface area contributed by atoms with Gasteiger partial charge in [-0.1, -0.05) is 19.1 Å². The maximum absolute atomic E-state index is 14.0. The van der Waals surface area contributed by atoms with E-state index in [1.165, 1.54) is 14.0 Å². The molecular formula is C29H39NO8. The van der Waals surface area contributed by atoms with E-state index in [1.807, 2.05) is 18.7 Å². The number of methoxy groups -OCH3 is 1. The highest BCUT2D eigenvalue weighted by Gasteiger charge is 2.64. The third-order valence-electron chi connectivity index (χ3n) is 8.81. The molecule has 7 atom stereocenters. The average Bonchev–Trinajstić information content (AvgIpc) is 3.13. The quantitative estimate of drug-likeness (QED) is 0.321. The van der Waals surface area contributed by atoms with Crippen LogP contribution < -0.4 is 0 Å². The summed E-state index contributed by atoms with van der Waals surface area (Å²) in [5, 5.41) is 33.6. The Morgan fingerprint density at radius 2 is 1.87 bits per heavy atom. The summed E-state index contributed by atoms with van der Waals surface area (Å²) in [6.45, 7) is 13.5. The third-order valence-corrected chi connectivity index (χ3v) is 8.81. The zero-order valence-electron chi connectivity index (χ0n) is 22.6. The number of rotatable bonds is 8. The number of allylic oxidation sites excluding steroid dienone is 1. The highest BCUT2D eigenvalue weighted by Crippen LogP contribution is 2.63. The van der Waals surface area contributed by atoms with Crippen LogP contribution in [-0.4, -0.2) is 83.4 Å². The number of Topliss-reactive ketones (excluding diaryl/α,β-unsaturated/α-hetero) is 1. The van der Waals surface area contributed by atoms with Crippen molar-refractivity contribution < 1.29 is 39.1 Å². The smallest absolute Gasteiger partial charge is 0.303 e. The van der Waals surface area contributed by atoms with E-state index < -0.39 is 52.9 Å². The summed E-state index contributed by atoms with van der Waals surface area (Å²) >= 11 is 0. The number of ether oxygens (including phenoxy) is 3. The molecule has 0 aromatic rings. The van der Waals surface area contributed by atoms with Crippen LogP contribution >= 0.6 is 0 Å². The molecule has 1 saturated heterocycles. The van der Waals surface area contributed by atoms with E-state index in [0.717, 1.165) is 0 Å². The van der Waals surface area contributed by atoms with Gasteiger partial charge in [0.1, 0.15) is 6.10 Å². The summed E-state index contributed by atoms with van der Waals surface area (Å²) in [6.07, 6.45) is 2.59. The zero-order valence-corrected chi connectivity index (χ0v) is 22.6. The van der Waals surface area contributed by atoms with Crippen LogP contribution in [0.1, 0.15) is 40.0 Å². The van der Waals surface area contributed by atoms with E-state index in [4.69, 9.17) is 14.2 Å². The Balaban J connectivity index is 2.00. The minimum atomic E-state index is -1.46. The average molecular weight is 530 g/mol. The molecule has 1 heterocycles. The van der Waals surface area contributed by atoms with Crippen LogP contribution in [0.2, 0.25) is 0 Å². The van der Waals surface area contributed by atoms with Gasteiger partial charge in [-0.05, 0) is 37.7 Å². The molecule has 0 aromatic heterocycles. The van der Waals surface area contributed by atoms with Crippen LogP contribution in [0.15, 0.2) is 59.6 Å². The van der Waals surface area contributed by atoms with E-state index in [0.29, 0.717) is 43.5 Å². The van der Waals surface area contributed by atoms with Crippen molar-refractivity contribution >= 4 is 11.8 Å². The van der Waals surface area contributed by atoms with Crippen molar-refractivity contribution in [1.82, 2.24) is 4.90 Å². The second-order valence-electron chi connectivity index (χ2n) is 11.1. The van der Waals surface area contributed by atoms with Gasteiger partial charge in [-0.2, -0.15) is 0 Å². The lowest BCUT2D eigenvalue weighted by Gasteiger charge is -2.55. The summed E-state index contributed by atoms with van der Waals surface area (Å²) in [5.74, 6) is -1.92. The van der Waals surface area contributed by atoms with Crippen LogP contribution in [-0.2, 0) is 23.8 Å². The maximum Gasteiger partial charge on any atom is 0.303 e. The van der Waals surface area contributed by atoms with Gasteiger partial charge < -0.3 is 34.4 Å². The first-order chi connectivity index (χ1) is 17.9. The molecule has 0 bridgehead atoms. The Labute approximate surface area is 223 Å². The first-order valence-corrected chi connectivity index (χ1v) is 13.0. The molecule has 38 heavy (non-hydrogen) atoms. The molecule has 208 valence electrons. The number of carbonyl (C=O) groups excluding carboxylic acids is 2. The molecule has 9 heteroatoms. The Morgan fingerprint density at radius 3 is 2.45 bits per heavy atom. The van der Waals surface area contributed by atoms with Crippen LogP contribution in [0.5, 0.6) is 0 Å². The topological polar surface area (TPSA) is 126 Å². The molecule has 4 aliphatic rings. The summed E-state index contributed by atoms with van der Waals surface area (Å²) in [4.78, 5) is 28.1. The number of aliphatic hydroxyl groups is 3. The Kier molecular flexibility index (Phi) is 7.78. The zero-order chi connectivity index (χ0) is 28.0. The van der Waals surface area contributed by atoms with Gasteiger partial charge in [0.15, 0.2) is 12.0 Å². The van der Waals surface area contributed by atoms with Crippen molar-refractivity contribution in [1.29, 1.82) is 0 Å². The third kappa shape index (κ3) is 4.25. The van der Waals surface area contributed by atoms with Crippen molar-refractivity contribution in [3.63, 3.8) is 0 Å². The van der Waals surface area contributed by atoms with Gasteiger partial charge in [-0.25, -0.2) is 0 Å². The number of nitrogens with zero attached hydrogens (tertiary/aromatic N) is 1. The Hall–Kier alpha value is -2.72. The predicted molar refractivity (Wildman–Crippen MR) is 140 cm³/mol. The van der Waals surface area contributed by atoms with E-state index in [9.17, 15) is 24.9 Å². The molecule has 2 fully saturated rings. The monoisotopic (exact) mass is 529 g/mol. The number of ketones is 1. The number of hydrogen-bond donors (Lipinski definition) is 3. The number of fused-ring (bicyclic) bond motifs is 4. The number of esters is 1. The van der Waals surface area contributed by atoms with Gasteiger partial charge in [-0.3, -0.25) is 9.59 Å². The fourth-order valence-corrected chi connectivity index (χ4v) is 7.10. The lowest BCUT2D eigenvalue weighted by molar-refractivity contribution is -0.177. The van der Waals surface area contributed by atoms with Crippen molar-refractivity contribution in [2.45, 2.75) is 64.6 Å². The fraction of sp³-hybridized carbons (Fsp3) is 0.586. The SMILES string of the molecule is C=CCN(/C=C1\C2=C(O)C(=O)C3=C(C(OC(C)=O)CC4(C)C(O)CCC34)C2(C)C(COC)OC1O)CC=C. The summed E-state index contributed by atoms with van der Waals surface area (Å²) < 4.78 is 17.4. The van der Waals surface area contributed by atoms with E-state index in [-0.39, 0.29) is 23.7 Å². The second kappa shape index (κ2) is 10.4.